The lowest BCUT2D eigenvalue weighted by atomic mass is 10.2. The lowest BCUT2D eigenvalue weighted by molar-refractivity contribution is -0.385. The molecule has 0 radical (unpaired) electrons. The Morgan fingerprint density at radius 1 is 1.50 bits per heavy atom. The molecule has 2 rings (SSSR count). The van der Waals surface area contributed by atoms with Crippen LogP contribution in [0.5, 0.6) is 0 Å². The molecule has 0 unspecified atom stereocenters. The topological polar surface area (TPSA) is 107 Å². The van der Waals surface area contributed by atoms with Gasteiger partial charge in [-0.25, -0.2) is 4.68 Å². The molecule has 1 aromatic heterocycles. The van der Waals surface area contributed by atoms with Gasteiger partial charge in [-0.05, 0) is 16.5 Å². The van der Waals surface area contributed by atoms with Crippen molar-refractivity contribution >= 4 is 29.1 Å². The van der Waals surface area contributed by atoms with E-state index in [0.717, 1.165) is 0 Å². The van der Waals surface area contributed by atoms with Crippen molar-refractivity contribution in [1.82, 2.24) is 20.2 Å². The Morgan fingerprint density at radius 2 is 2.30 bits per heavy atom. The van der Waals surface area contributed by atoms with Gasteiger partial charge in [0.25, 0.3) is 5.69 Å². The van der Waals surface area contributed by atoms with Crippen molar-refractivity contribution < 1.29 is 10.0 Å². The molecule has 0 aliphatic heterocycles. The fourth-order valence-corrected chi connectivity index (χ4v) is 2.80. The highest BCUT2D eigenvalue weighted by Crippen LogP contribution is 2.31. The number of nitrogens with zero attached hydrogens (tertiary/aromatic N) is 5. The summed E-state index contributed by atoms with van der Waals surface area (Å²) in [5.74, 6) is 0.266. The van der Waals surface area contributed by atoms with E-state index < -0.39 is 4.92 Å². The van der Waals surface area contributed by atoms with Crippen LogP contribution in [0.1, 0.15) is 5.56 Å². The molecule has 2 aromatic rings. The van der Waals surface area contributed by atoms with E-state index in [9.17, 15) is 10.1 Å². The molecule has 1 aromatic carbocycles. The maximum Gasteiger partial charge on any atom is 0.274 e. The average Bonchev–Trinajstić information content (AvgIpc) is 2.85. The van der Waals surface area contributed by atoms with Crippen LogP contribution in [0.4, 0.5) is 5.69 Å². The normalized spacial score (nSPS) is 10.7. The van der Waals surface area contributed by atoms with E-state index in [0.29, 0.717) is 15.7 Å². The van der Waals surface area contributed by atoms with Crippen molar-refractivity contribution in [3.8, 4) is 0 Å². The largest absolute Gasteiger partial charge is 0.394 e. The van der Waals surface area contributed by atoms with Crippen LogP contribution in [0.15, 0.2) is 23.4 Å². The van der Waals surface area contributed by atoms with Crippen molar-refractivity contribution in [2.75, 3.05) is 6.61 Å². The van der Waals surface area contributed by atoms with Gasteiger partial charge in [-0.15, -0.1) is 5.10 Å². The Bertz CT molecular complexity index is 621. The maximum atomic E-state index is 11.0. The van der Waals surface area contributed by atoms with Crippen LogP contribution >= 0.6 is 23.4 Å². The third-order valence-electron chi connectivity index (χ3n) is 2.45. The van der Waals surface area contributed by atoms with Crippen molar-refractivity contribution in [1.29, 1.82) is 0 Å². The summed E-state index contributed by atoms with van der Waals surface area (Å²) in [6, 6.07) is 4.53. The molecule has 0 saturated carbocycles. The fourth-order valence-electron chi connectivity index (χ4n) is 1.53. The number of rotatable bonds is 6. The Hall–Kier alpha value is -1.71. The Labute approximate surface area is 122 Å². The second kappa shape index (κ2) is 6.64. The van der Waals surface area contributed by atoms with Gasteiger partial charge in [0, 0.05) is 11.8 Å². The van der Waals surface area contributed by atoms with Crippen LogP contribution in [-0.2, 0) is 12.3 Å². The predicted molar refractivity (Wildman–Crippen MR) is 72.6 cm³/mol. The van der Waals surface area contributed by atoms with Crippen molar-refractivity contribution in [3.63, 3.8) is 0 Å². The smallest absolute Gasteiger partial charge is 0.274 e. The number of hydrogen-bond donors (Lipinski definition) is 1. The van der Waals surface area contributed by atoms with Gasteiger partial charge in [-0.3, -0.25) is 10.1 Å². The van der Waals surface area contributed by atoms with Gasteiger partial charge < -0.3 is 5.11 Å². The molecule has 20 heavy (non-hydrogen) atoms. The van der Waals surface area contributed by atoms with Gasteiger partial charge in [-0.1, -0.05) is 29.4 Å². The maximum absolute atomic E-state index is 11.0. The van der Waals surface area contributed by atoms with Gasteiger partial charge in [-0.2, -0.15) is 0 Å². The fraction of sp³-hybridized carbons (Fsp3) is 0.300. The highest BCUT2D eigenvalue weighted by atomic mass is 35.5. The second-order valence-electron chi connectivity index (χ2n) is 3.69. The van der Waals surface area contributed by atoms with Crippen LogP contribution in [-0.4, -0.2) is 36.8 Å². The van der Waals surface area contributed by atoms with Gasteiger partial charge in [0.2, 0.25) is 5.16 Å². The SMILES string of the molecule is O=[N+]([O-])c1cccc(Cl)c1CSc1nnnn1CCO. The average molecular weight is 316 g/mol. The molecule has 10 heteroatoms. The van der Waals surface area contributed by atoms with E-state index in [2.05, 4.69) is 15.5 Å². The van der Waals surface area contributed by atoms with E-state index in [4.69, 9.17) is 16.7 Å². The van der Waals surface area contributed by atoms with Crippen LogP contribution in [0.25, 0.3) is 0 Å². The quantitative estimate of drug-likeness (QED) is 0.489. The van der Waals surface area contributed by atoms with Gasteiger partial charge >= 0.3 is 0 Å². The molecular weight excluding hydrogens is 306 g/mol. The summed E-state index contributed by atoms with van der Waals surface area (Å²) in [7, 11) is 0. The third kappa shape index (κ3) is 3.24. The number of hydrogen-bond acceptors (Lipinski definition) is 7. The summed E-state index contributed by atoms with van der Waals surface area (Å²) in [5.41, 5.74) is 0.383. The van der Waals surface area contributed by atoms with Gasteiger partial charge in [0.05, 0.1) is 28.7 Å². The first kappa shape index (κ1) is 14.7. The van der Waals surface area contributed by atoms with E-state index in [1.807, 2.05) is 0 Å². The Kier molecular flexibility index (Phi) is 4.88. The summed E-state index contributed by atoms with van der Waals surface area (Å²) in [5, 5.41) is 31.6. The zero-order valence-corrected chi connectivity index (χ0v) is 11.7. The molecule has 0 amide bonds. The molecule has 0 aliphatic carbocycles. The summed E-state index contributed by atoms with van der Waals surface area (Å²) in [6.07, 6.45) is 0. The van der Waals surface area contributed by atoms with E-state index in [1.165, 1.54) is 28.6 Å². The molecule has 0 atom stereocenters. The summed E-state index contributed by atoms with van der Waals surface area (Å²) in [6.45, 7) is 0.171. The predicted octanol–water partition coefficient (Wildman–Crippen LogP) is 1.52. The summed E-state index contributed by atoms with van der Waals surface area (Å²) >= 11 is 7.22. The van der Waals surface area contributed by atoms with E-state index in [1.54, 1.807) is 6.07 Å². The Balaban J connectivity index is 2.18. The van der Waals surface area contributed by atoms with E-state index >= 15 is 0 Å². The molecule has 0 bridgehead atoms. The first-order valence-electron chi connectivity index (χ1n) is 5.55. The number of nitro benzene ring substituents is 1. The minimum absolute atomic E-state index is 0.0359. The molecule has 8 nitrogen and oxygen atoms in total. The summed E-state index contributed by atoms with van der Waals surface area (Å²) in [4.78, 5) is 10.5. The summed E-state index contributed by atoms with van der Waals surface area (Å²) < 4.78 is 1.42. The van der Waals surface area contributed by atoms with Crippen LogP contribution < -0.4 is 0 Å². The molecule has 1 heterocycles. The molecule has 0 aliphatic rings. The van der Waals surface area contributed by atoms with Crippen molar-refractivity contribution in [2.24, 2.45) is 0 Å². The number of aromatic nitrogens is 4. The monoisotopic (exact) mass is 315 g/mol. The van der Waals surface area contributed by atoms with E-state index in [-0.39, 0.29) is 24.6 Å². The second-order valence-corrected chi connectivity index (χ2v) is 5.04. The third-order valence-corrected chi connectivity index (χ3v) is 3.78. The van der Waals surface area contributed by atoms with Gasteiger partial charge in [0.15, 0.2) is 0 Å². The lowest BCUT2D eigenvalue weighted by Crippen LogP contribution is -2.06. The number of thioether (sulfide) groups is 1. The number of tetrazole rings is 1. The highest BCUT2D eigenvalue weighted by Gasteiger charge is 2.18. The van der Waals surface area contributed by atoms with Crippen LogP contribution in [0, 0.1) is 10.1 Å². The van der Waals surface area contributed by atoms with Crippen molar-refractivity contribution in [3.05, 3.63) is 38.9 Å². The number of aliphatic hydroxyl groups is 1. The minimum Gasteiger partial charge on any atom is -0.394 e. The molecule has 1 N–H and O–H groups in total. The number of benzene rings is 1. The van der Waals surface area contributed by atoms with Crippen molar-refractivity contribution in [2.45, 2.75) is 17.5 Å². The molecule has 0 spiro atoms. The van der Waals surface area contributed by atoms with Gasteiger partial charge in [0.1, 0.15) is 0 Å². The molecule has 106 valence electrons. The zero-order valence-electron chi connectivity index (χ0n) is 10.1. The number of nitro groups is 1. The Morgan fingerprint density at radius 3 is 3.00 bits per heavy atom. The minimum atomic E-state index is -0.474. The standard InChI is InChI=1S/C10H10ClN5O3S/c11-8-2-1-3-9(16(18)19)7(8)6-20-10-12-13-14-15(10)4-5-17/h1-3,17H,4-6H2. The van der Waals surface area contributed by atoms with Crippen LogP contribution in [0.2, 0.25) is 5.02 Å². The molecule has 0 saturated heterocycles. The molecular formula is C10H10ClN5O3S. The molecule has 0 fully saturated rings. The van der Waals surface area contributed by atoms with Crippen LogP contribution in [0.3, 0.4) is 0 Å². The number of halogens is 1. The first-order chi connectivity index (χ1) is 9.63. The first-order valence-corrected chi connectivity index (χ1v) is 6.91. The highest BCUT2D eigenvalue weighted by molar-refractivity contribution is 7.98. The lowest BCUT2D eigenvalue weighted by Gasteiger charge is -2.05. The zero-order chi connectivity index (χ0) is 14.5. The number of aliphatic hydroxyl groups excluding tert-OH is 1.